The van der Waals surface area contributed by atoms with Gasteiger partial charge in [-0.1, -0.05) is 29.8 Å². The van der Waals surface area contributed by atoms with Crippen LogP contribution in [0, 0.1) is 6.92 Å². The lowest BCUT2D eigenvalue weighted by atomic mass is 9.86. The van der Waals surface area contributed by atoms with Crippen LogP contribution >= 0.6 is 0 Å². The van der Waals surface area contributed by atoms with Crippen molar-refractivity contribution in [3.63, 3.8) is 0 Å². The summed E-state index contributed by atoms with van der Waals surface area (Å²) in [4.78, 5) is 23.4. The third-order valence-corrected chi connectivity index (χ3v) is 2.73. The maximum absolute atomic E-state index is 12.3. The molecule has 0 amide bonds. The van der Waals surface area contributed by atoms with Crippen molar-refractivity contribution in [2.24, 2.45) is 5.73 Å². The number of hydrogen-bond donors (Lipinski definition) is 2. The van der Waals surface area contributed by atoms with Crippen molar-refractivity contribution in [1.82, 2.24) is 0 Å². The first-order valence-electron chi connectivity index (χ1n) is 6.36. The van der Waals surface area contributed by atoms with Crippen molar-refractivity contribution in [1.29, 1.82) is 0 Å². The first kappa shape index (κ1) is 16.2. The molecule has 1 aromatic carbocycles. The Morgan fingerprint density at radius 1 is 1.30 bits per heavy atom. The Kier molecular flexibility index (Phi) is 4.55. The Morgan fingerprint density at radius 3 is 2.35 bits per heavy atom. The van der Waals surface area contributed by atoms with Crippen LogP contribution in [0.1, 0.15) is 38.3 Å². The van der Waals surface area contributed by atoms with E-state index in [9.17, 15) is 9.59 Å². The average molecular weight is 279 g/mol. The van der Waals surface area contributed by atoms with E-state index in [1.165, 1.54) is 0 Å². The molecule has 3 N–H and O–H groups in total. The molecule has 0 heterocycles. The van der Waals surface area contributed by atoms with E-state index in [1.54, 1.807) is 39.0 Å². The molecule has 110 valence electrons. The van der Waals surface area contributed by atoms with E-state index in [4.69, 9.17) is 15.6 Å². The molecular weight excluding hydrogens is 258 g/mol. The van der Waals surface area contributed by atoms with Gasteiger partial charge >= 0.3 is 11.9 Å². The minimum Gasteiger partial charge on any atom is -0.481 e. The second-order valence-corrected chi connectivity index (χ2v) is 5.91. The fourth-order valence-corrected chi connectivity index (χ4v) is 1.82. The molecule has 0 saturated carbocycles. The Labute approximate surface area is 118 Å². The number of nitrogens with two attached hydrogens (primary N) is 1. The molecule has 0 radical (unpaired) electrons. The highest BCUT2D eigenvalue weighted by atomic mass is 16.6. The Balaban J connectivity index is 3.22. The second kappa shape index (κ2) is 5.63. The normalized spacial score (nSPS) is 14.4. The van der Waals surface area contributed by atoms with Crippen LogP contribution in [0.5, 0.6) is 0 Å². The summed E-state index contributed by atoms with van der Waals surface area (Å²) < 4.78 is 5.27. The molecule has 1 atom stereocenters. The number of carboxylic acid groups (broad SMARTS) is 1. The molecule has 5 nitrogen and oxygen atoms in total. The van der Waals surface area contributed by atoms with Gasteiger partial charge in [0.05, 0.1) is 6.42 Å². The number of benzene rings is 1. The van der Waals surface area contributed by atoms with Gasteiger partial charge in [0.2, 0.25) is 0 Å². The van der Waals surface area contributed by atoms with Crippen LogP contribution < -0.4 is 5.73 Å². The van der Waals surface area contributed by atoms with Crippen LogP contribution in [0.15, 0.2) is 24.3 Å². The topological polar surface area (TPSA) is 89.6 Å². The molecule has 20 heavy (non-hydrogen) atoms. The maximum atomic E-state index is 12.3. The summed E-state index contributed by atoms with van der Waals surface area (Å²) in [7, 11) is 0. The van der Waals surface area contributed by atoms with Gasteiger partial charge in [0.1, 0.15) is 5.60 Å². The van der Waals surface area contributed by atoms with Gasteiger partial charge in [0.25, 0.3) is 0 Å². The number of carbonyl (C=O) groups excluding carboxylic acids is 1. The van der Waals surface area contributed by atoms with Gasteiger partial charge in [-0.2, -0.15) is 0 Å². The minimum atomic E-state index is -1.69. The molecule has 0 unspecified atom stereocenters. The molecule has 1 rings (SSSR count). The molecule has 0 bridgehead atoms. The van der Waals surface area contributed by atoms with E-state index in [2.05, 4.69) is 0 Å². The smallest absolute Gasteiger partial charge is 0.331 e. The molecule has 0 aliphatic rings. The number of hydrogen-bond acceptors (Lipinski definition) is 4. The summed E-state index contributed by atoms with van der Waals surface area (Å²) in [6.45, 7) is 6.98. The number of aliphatic carboxylic acids is 1. The molecular formula is C15H21NO4. The van der Waals surface area contributed by atoms with Crippen molar-refractivity contribution in [3.05, 3.63) is 35.4 Å². The standard InChI is InChI=1S/C15H21NO4/c1-10-6-5-7-11(8-10)15(16,9-12(17)18)13(19)20-14(2,3)4/h5-8H,9,16H2,1-4H3,(H,17,18)/t15-/m1/s1. The van der Waals surface area contributed by atoms with Gasteiger partial charge in [-0.15, -0.1) is 0 Å². The average Bonchev–Trinajstić information content (AvgIpc) is 2.25. The third-order valence-electron chi connectivity index (χ3n) is 2.73. The van der Waals surface area contributed by atoms with E-state index in [0.717, 1.165) is 5.56 Å². The summed E-state index contributed by atoms with van der Waals surface area (Å²) in [5.41, 5.74) is 5.00. The van der Waals surface area contributed by atoms with E-state index >= 15 is 0 Å². The quantitative estimate of drug-likeness (QED) is 0.822. The van der Waals surface area contributed by atoms with Gasteiger partial charge in [-0.3, -0.25) is 4.79 Å². The van der Waals surface area contributed by atoms with Gasteiger partial charge in [-0.05, 0) is 33.3 Å². The van der Waals surface area contributed by atoms with E-state index in [-0.39, 0.29) is 0 Å². The monoisotopic (exact) mass is 279 g/mol. The van der Waals surface area contributed by atoms with E-state index in [0.29, 0.717) is 5.56 Å². The lowest BCUT2D eigenvalue weighted by Crippen LogP contribution is -2.49. The Hall–Kier alpha value is -1.88. The zero-order valence-corrected chi connectivity index (χ0v) is 12.3. The summed E-state index contributed by atoms with van der Waals surface area (Å²) >= 11 is 0. The Morgan fingerprint density at radius 2 is 1.90 bits per heavy atom. The lowest BCUT2D eigenvalue weighted by Gasteiger charge is -2.30. The number of esters is 1. The number of aryl methyl sites for hydroxylation is 1. The largest absolute Gasteiger partial charge is 0.481 e. The fraction of sp³-hybridized carbons (Fsp3) is 0.467. The highest BCUT2D eigenvalue weighted by Crippen LogP contribution is 2.27. The van der Waals surface area contributed by atoms with Crippen molar-refractivity contribution in [3.8, 4) is 0 Å². The lowest BCUT2D eigenvalue weighted by molar-refractivity contribution is -0.165. The summed E-state index contributed by atoms with van der Waals surface area (Å²) in [5, 5.41) is 9.04. The van der Waals surface area contributed by atoms with Crippen molar-refractivity contribution < 1.29 is 19.4 Å². The predicted octanol–water partition coefficient (Wildman–Crippen LogP) is 1.97. The zero-order chi connectivity index (χ0) is 15.6. The maximum Gasteiger partial charge on any atom is 0.331 e. The number of rotatable bonds is 4. The predicted molar refractivity (Wildman–Crippen MR) is 75.1 cm³/mol. The number of carbonyl (C=O) groups is 2. The third kappa shape index (κ3) is 4.06. The minimum absolute atomic E-state index is 0.439. The van der Waals surface area contributed by atoms with Crippen LogP contribution in [0.25, 0.3) is 0 Å². The molecule has 0 fully saturated rings. The van der Waals surface area contributed by atoms with Crippen LogP contribution in [-0.4, -0.2) is 22.6 Å². The molecule has 0 spiro atoms. The van der Waals surface area contributed by atoms with Gasteiger partial charge in [-0.25, -0.2) is 4.79 Å². The summed E-state index contributed by atoms with van der Waals surface area (Å²) in [6.07, 6.45) is -0.522. The highest BCUT2D eigenvalue weighted by molar-refractivity contribution is 5.87. The van der Waals surface area contributed by atoms with Crippen molar-refractivity contribution >= 4 is 11.9 Å². The van der Waals surface area contributed by atoms with Gasteiger partial charge < -0.3 is 15.6 Å². The zero-order valence-electron chi connectivity index (χ0n) is 12.3. The van der Waals surface area contributed by atoms with Gasteiger partial charge in [0, 0.05) is 0 Å². The molecule has 0 aliphatic heterocycles. The molecule has 0 saturated heterocycles. The van der Waals surface area contributed by atoms with Crippen LogP contribution in [0.2, 0.25) is 0 Å². The second-order valence-electron chi connectivity index (χ2n) is 5.91. The molecule has 0 aromatic heterocycles. The molecule has 5 heteroatoms. The fourth-order valence-electron chi connectivity index (χ4n) is 1.82. The SMILES string of the molecule is Cc1cccc([C@](N)(CC(=O)O)C(=O)OC(C)(C)C)c1. The number of carboxylic acids is 1. The number of ether oxygens (including phenoxy) is 1. The first-order chi connectivity index (χ1) is 9.04. The highest BCUT2D eigenvalue weighted by Gasteiger charge is 2.41. The molecule has 0 aliphatic carbocycles. The van der Waals surface area contributed by atoms with E-state index < -0.39 is 29.5 Å². The van der Waals surface area contributed by atoms with Crippen molar-refractivity contribution in [2.45, 2.75) is 45.3 Å². The van der Waals surface area contributed by atoms with Crippen LogP contribution in [-0.2, 0) is 19.9 Å². The molecule has 1 aromatic rings. The van der Waals surface area contributed by atoms with E-state index in [1.807, 2.05) is 13.0 Å². The van der Waals surface area contributed by atoms with Crippen LogP contribution in [0.3, 0.4) is 0 Å². The van der Waals surface area contributed by atoms with Crippen LogP contribution in [0.4, 0.5) is 0 Å². The van der Waals surface area contributed by atoms with Gasteiger partial charge in [0.15, 0.2) is 5.54 Å². The summed E-state index contributed by atoms with van der Waals surface area (Å²) in [5.74, 6) is -1.89. The Bertz CT molecular complexity index is 519. The van der Waals surface area contributed by atoms with Crippen molar-refractivity contribution in [2.75, 3.05) is 0 Å². The first-order valence-corrected chi connectivity index (χ1v) is 6.36. The summed E-state index contributed by atoms with van der Waals surface area (Å²) in [6, 6.07) is 6.92.